The first kappa shape index (κ1) is 30.6. The monoisotopic (exact) mass is 648 g/mol. The Balaban J connectivity index is 1.37. The van der Waals surface area contributed by atoms with Crippen molar-refractivity contribution in [3.63, 3.8) is 0 Å². The lowest BCUT2D eigenvalue weighted by atomic mass is 9.96. The van der Waals surface area contributed by atoms with Crippen LogP contribution in [0, 0.1) is 18.6 Å². The number of carbonyl (C=O) groups is 1. The number of likely N-dealkylation sites (N-methyl/N-ethyl adjacent to an activating group) is 1. The number of nitrogens with two attached hydrogens (primary N) is 1. The summed E-state index contributed by atoms with van der Waals surface area (Å²) in [5.41, 5.74) is 1.15. The van der Waals surface area contributed by atoms with Gasteiger partial charge < -0.3 is 30.3 Å². The van der Waals surface area contributed by atoms with Crippen molar-refractivity contribution in [1.29, 1.82) is 0 Å². The lowest BCUT2D eigenvalue weighted by molar-refractivity contribution is -0.139. The Kier molecular flexibility index (Phi) is 7.34. The number of hydrogen-bond acceptors (Lipinski definition) is 10. The maximum absolute atomic E-state index is 16.6. The highest BCUT2D eigenvalue weighted by molar-refractivity contribution is 5.97. The number of nitrogen functional groups attached to an aromatic ring is 1. The first-order chi connectivity index (χ1) is 21.8. The number of nitrogens with one attached hydrogen (secondary N) is 1. The molecule has 0 aliphatic carbocycles. The molecule has 3 N–H and O–H groups in total. The van der Waals surface area contributed by atoms with Gasteiger partial charge in [0.05, 0.1) is 23.3 Å². The van der Waals surface area contributed by atoms with Crippen molar-refractivity contribution in [2.75, 3.05) is 57.0 Å². The van der Waals surface area contributed by atoms with E-state index in [0.717, 1.165) is 13.0 Å². The fourth-order valence-electron chi connectivity index (χ4n) is 7.19. The van der Waals surface area contributed by atoms with E-state index in [1.165, 1.54) is 0 Å². The van der Waals surface area contributed by atoms with Crippen LogP contribution in [0.25, 0.3) is 22.2 Å². The summed E-state index contributed by atoms with van der Waals surface area (Å²) in [6, 6.07) is -0.0643. The molecule has 11 nitrogen and oxygen atoms in total. The summed E-state index contributed by atoms with van der Waals surface area (Å²) in [7, 11) is 1.78. The van der Waals surface area contributed by atoms with E-state index < -0.39 is 52.0 Å². The van der Waals surface area contributed by atoms with E-state index in [9.17, 15) is 22.4 Å². The number of anilines is 2. The van der Waals surface area contributed by atoms with Gasteiger partial charge in [0.15, 0.2) is 5.82 Å². The summed E-state index contributed by atoms with van der Waals surface area (Å²) in [6.45, 7) is 5.67. The van der Waals surface area contributed by atoms with Crippen molar-refractivity contribution in [3.8, 4) is 23.1 Å². The second-order valence-electron chi connectivity index (χ2n) is 12.3. The zero-order chi connectivity index (χ0) is 32.7. The number of fused-ring (bicyclic) bond motifs is 3. The van der Waals surface area contributed by atoms with Crippen LogP contribution in [0.3, 0.4) is 0 Å². The van der Waals surface area contributed by atoms with Gasteiger partial charge in [-0.25, -0.2) is 13.8 Å². The molecule has 4 aliphatic rings. The third-order valence-electron chi connectivity index (χ3n) is 9.57. The number of aromatic nitrogens is 3. The smallest absolute Gasteiger partial charge is 0.417 e. The molecule has 0 spiro atoms. The summed E-state index contributed by atoms with van der Waals surface area (Å²) in [5.74, 6) is -2.24. The molecule has 1 aromatic carbocycles. The topological polar surface area (TPSA) is 122 Å². The molecular weight excluding hydrogens is 615 g/mol. The van der Waals surface area contributed by atoms with E-state index in [1.807, 2.05) is 4.90 Å². The van der Waals surface area contributed by atoms with Gasteiger partial charge in [-0.1, -0.05) is 0 Å². The largest absolute Gasteiger partial charge is 0.472 e. The van der Waals surface area contributed by atoms with E-state index >= 15 is 4.39 Å². The van der Waals surface area contributed by atoms with E-state index in [1.54, 1.807) is 18.9 Å². The lowest BCUT2D eigenvalue weighted by Crippen LogP contribution is -2.56. The summed E-state index contributed by atoms with van der Waals surface area (Å²) >= 11 is 0. The first-order valence-corrected chi connectivity index (χ1v) is 15.2. The van der Waals surface area contributed by atoms with Crippen LogP contribution in [-0.2, 0) is 11.0 Å². The van der Waals surface area contributed by atoms with Crippen LogP contribution in [0.4, 0.5) is 33.5 Å². The number of rotatable bonds is 4. The van der Waals surface area contributed by atoms with Crippen molar-refractivity contribution in [3.05, 3.63) is 28.8 Å². The first-order valence-electron chi connectivity index (χ1n) is 15.2. The Morgan fingerprint density at radius 2 is 1.91 bits per heavy atom. The summed E-state index contributed by atoms with van der Waals surface area (Å²) in [4.78, 5) is 31.7. The number of alkyl halides is 3. The van der Waals surface area contributed by atoms with E-state index in [-0.39, 0.29) is 59.3 Å². The predicted octanol–water partition coefficient (Wildman–Crippen LogP) is 3.12. The van der Waals surface area contributed by atoms with Gasteiger partial charge in [-0.3, -0.25) is 9.69 Å². The van der Waals surface area contributed by atoms with Gasteiger partial charge in [-0.2, -0.15) is 23.1 Å². The lowest BCUT2D eigenvalue weighted by Gasteiger charge is -2.38. The second-order valence-corrected chi connectivity index (χ2v) is 12.3. The van der Waals surface area contributed by atoms with E-state index in [0.29, 0.717) is 45.6 Å². The fourth-order valence-corrected chi connectivity index (χ4v) is 7.19. The highest BCUT2D eigenvalue weighted by Crippen LogP contribution is 2.46. The van der Waals surface area contributed by atoms with Crippen LogP contribution < -0.4 is 25.4 Å². The third-order valence-corrected chi connectivity index (χ3v) is 9.57. The molecule has 246 valence electrons. The van der Waals surface area contributed by atoms with Gasteiger partial charge >= 0.3 is 12.2 Å². The fraction of sp³-hybridized carbons (Fsp3) is 0.533. The van der Waals surface area contributed by atoms with Gasteiger partial charge in [0.2, 0.25) is 11.8 Å². The molecule has 2 aromatic heterocycles. The van der Waals surface area contributed by atoms with Crippen LogP contribution in [-0.4, -0.2) is 101 Å². The van der Waals surface area contributed by atoms with Crippen LogP contribution in [0.15, 0.2) is 6.07 Å². The molecule has 6 heterocycles. The predicted molar refractivity (Wildman–Crippen MR) is 158 cm³/mol. The van der Waals surface area contributed by atoms with Crippen LogP contribution in [0.5, 0.6) is 11.9 Å². The zero-order valence-corrected chi connectivity index (χ0v) is 25.4. The molecule has 0 radical (unpaired) electrons. The number of amides is 1. The Bertz CT molecular complexity index is 1740. The maximum atomic E-state index is 16.6. The molecule has 3 aromatic rings. The molecule has 1 amide bonds. The molecule has 7 rings (SSSR count). The molecule has 46 heavy (non-hydrogen) atoms. The number of piperazine rings is 2. The molecular formula is C30H33F5N8O3. The van der Waals surface area contributed by atoms with Crippen LogP contribution >= 0.6 is 0 Å². The Morgan fingerprint density at radius 1 is 1.13 bits per heavy atom. The molecule has 0 unspecified atom stereocenters. The average molecular weight is 649 g/mol. The molecule has 0 saturated carbocycles. The van der Waals surface area contributed by atoms with Crippen molar-refractivity contribution >= 4 is 28.3 Å². The minimum atomic E-state index is -5.06. The minimum Gasteiger partial charge on any atom is -0.472 e. The van der Waals surface area contributed by atoms with Crippen molar-refractivity contribution < 1.29 is 36.2 Å². The van der Waals surface area contributed by atoms with Crippen molar-refractivity contribution in [2.24, 2.45) is 0 Å². The maximum Gasteiger partial charge on any atom is 0.417 e. The van der Waals surface area contributed by atoms with Gasteiger partial charge in [0.1, 0.15) is 40.9 Å². The van der Waals surface area contributed by atoms with Gasteiger partial charge in [-0.05, 0) is 38.3 Å². The summed E-state index contributed by atoms with van der Waals surface area (Å²) < 4.78 is 86.5. The SMILES string of the molecule is Cc1c(F)c(N)cc(-c2nc3c4c(nc(OC[C@H]5CC[C@@H]6C(=O)N(C)CCN56)nc4c2F)N2CCNC[C@H]2[C@H](C)O3)c1C(F)(F)F. The van der Waals surface area contributed by atoms with Gasteiger partial charge in [0, 0.05) is 51.4 Å². The molecule has 4 atom stereocenters. The normalized spacial score (nSPS) is 24.9. The molecule has 3 saturated heterocycles. The van der Waals surface area contributed by atoms with Gasteiger partial charge in [0.25, 0.3) is 0 Å². The number of hydrogen-bond donors (Lipinski definition) is 2. The van der Waals surface area contributed by atoms with Crippen molar-refractivity contribution in [1.82, 2.24) is 30.1 Å². The Labute approximate surface area is 260 Å². The molecule has 3 fully saturated rings. The van der Waals surface area contributed by atoms with Crippen LogP contribution in [0.1, 0.15) is 30.9 Å². The van der Waals surface area contributed by atoms with E-state index in [4.69, 9.17) is 15.2 Å². The number of carbonyl (C=O) groups excluding carboxylic acids is 1. The molecule has 4 aliphatic heterocycles. The number of benzene rings is 1. The highest BCUT2D eigenvalue weighted by atomic mass is 19.4. The summed E-state index contributed by atoms with van der Waals surface area (Å²) in [6.07, 6.45) is -4.21. The quantitative estimate of drug-likeness (QED) is 0.323. The molecule has 0 bridgehead atoms. The third kappa shape index (κ3) is 4.84. The number of pyridine rings is 1. The number of nitrogens with zero attached hydrogens (tertiary/aromatic N) is 6. The minimum absolute atomic E-state index is 0.0553. The standard InChI is InChI=1S/C30H33F5N8O3/c1-13-21(30(33,34)35)16(10-17(36)22(13)31)24-23(32)25-20-26(43-7-6-37-11-19(43)14(2)46-27(20)38-24)40-29(39-25)45-12-15-4-5-18-28(44)41(3)8-9-42(15)18/h10,14-15,18-19,37H,4-9,11-12,36H2,1-3H3/t14-,15+,18+,19-/m0/s1. The van der Waals surface area contributed by atoms with Crippen molar-refractivity contribution in [2.45, 2.75) is 57.1 Å². The number of halogens is 5. The zero-order valence-electron chi connectivity index (χ0n) is 25.4. The number of ether oxygens (including phenoxy) is 2. The van der Waals surface area contributed by atoms with Crippen LogP contribution in [0.2, 0.25) is 0 Å². The van der Waals surface area contributed by atoms with E-state index in [2.05, 4.69) is 25.2 Å². The Hall–Kier alpha value is -4.05. The summed E-state index contributed by atoms with van der Waals surface area (Å²) in [5, 5.41) is 3.39. The molecule has 16 heteroatoms. The Morgan fingerprint density at radius 3 is 2.67 bits per heavy atom. The average Bonchev–Trinajstić information content (AvgIpc) is 3.39. The highest BCUT2D eigenvalue weighted by Gasteiger charge is 2.43. The second kappa shape index (κ2) is 11.0. The van der Waals surface area contributed by atoms with Gasteiger partial charge in [-0.15, -0.1) is 0 Å².